The molecule has 160 valence electrons. The van der Waals surface area contributed by atoms with Gasteiger partial charge >= 0.3 is 0 Å². The number of ether oxygens (including phenoxy) is 1. The number of carbonyl (C=O) groups excluding carboxylic acids is 1. The van der Waals surface area contributed by atoms with Crippen LogP contribution in [0.4, 0.5) is 5.69 Å². The van der Waals surface area contributed by atoms with Crippen LogP contribution < -0.4 is 9.64 Å². The molecule has 4 rings (SSSR count). The Bertz CT molecular complexity index is 1060. The highest BCUT2D eigenvalue weighted by molar-refractivity contribution is 6.35. The van der Waals surface area contributed by atoms with E-state index in [4.69, 9.17) is 27.9 Å². The Hall–Kier alpha value is -2.89. The van der Waals surface area contributed by atoms with Crippen LogP contribution in [0.25, 0.3) is 0 Å². The van der Waals surface area contributed by atoms with Gasteiger partial charge in [0, 0.05) is 47.5 Å². The van der Waals surface area contributed by atoms with Crippen molar-refractivity contribution in [3.63, 3.8) is 0 Å². The van der Waals surface area contributed by atoms with Crippen molar-refractivity contribution >= 4 is 34.8 Å². The molecule has 1 amide bonds. The number of phenols is 1. The summed E-state index contributed by atoms with van der Waals surface area (Å²) in [4.78, 5) is 17.2. The zero-order valence-electron chi connectivity index (χ0n) is 16.8. The van der Waals surface area contributed by atoms with Crippen molar-refractivity contribution in [2.75, 3.05) is 31.1 Å². The van der Waals surface area contributed by atoms with Crippen molar-refractivity contribution in [3.8, 4) is 11.5 Å². The Kier molecular flexibility index (Phi) is 6.54. The fourth-order valence-electron chi connectivity index (χ4n) is 3.56. The van der Waals surface area contributed by atoms with Gasteiger partial charge in [0.15, 0.2) is 0 Å². The van der Waals surface area contributed by atoms with E-state index < -0.39 is 0 Å². The van der Waals surface area contributed by atoms with E-state index in [1.54, 1.807) is 36.4 Å². The first-order valence-electron chi connectivity index (χ1n) is 10.0. The number of para-hydroxylation sites is 1. The lowest BCUT2D eigenvalue weighted by Crippen LogP contribution is -2.48. The first-order chi connectivity index (χ1) is 15.0. The Morgan fingerprint density at radius 3 is 2.35 bits per heavy atom. The number of carbonyl (C=O) groups is 1. The molecule has 7 heteroatoms. The molecule has 1 aliphatic heterocycles. The maximum Gasteiger partial charge on any atom is 0.257 e. The Morgan fingerprint density at radius 2 is 1.65 bits per heavy atom. The second-order valence-electron chi connectivity index (χ2n) is 7.32. The maximum atomic E-state index is 13.2. The summed E-state index contributed by atoms with van der Waals surface area (Å²) in [5.74, 6) is 0.719. The molecule has 0 spiro atoms. The smallest absolute Gasteiger partial charge is 0.257 e. The molecule has 0 radical (unpaired) electrons. The van der Waals surface area contributed by atoms with Crippen LogP contribution in [0.15, 0.2) is 66.7 Å². The van der Waals surface area contributed by atoms with E-state index in [1.165, 1.54) is 0 Å². The van der Waals surface area contributed by atoms with Gasteiger partial charge in [-0.25, -0.2) is 0 Å². The first-order valence-corrected chi connectivity index (χ1v) is 10.8. The molecule has 1 N–H and O–H groups in total. The van der Waals surface area contributed by atoms with E-state index >= 15 is 0 Å². The minimum atomic E-state index is -0.0526. The van der Waals surface area contributed by atoms with Crippen molar-refractivity contribution < 1.29 is 14.6 Å². The zero-order valence-corrected chi connectivity index (χ0v) is 18.3. The normalized spacial score (nSPS) is 13.9. The number of aromatic hydroxyl groups is 1. The molecule has 3 aromatic carbocycles. The molecule has 1 saturated heterocycles. The van der Waals surface area contributed by atoms with Crippen LogP contribution >= 0.6 is 23.2 Å². The van der Waals surface area contributed by atoms with Gasteiger partial charge in [-0.3, -0.25) is 4.79 Å². The zero-order chi connectivity index (χ0) is 21.8. The van der Waals surface area contributed by atoms with Crippen LogP contribution in [-0.4, -0.2) is 42.1 Å². The average molecular weight is 457 g/mol. The van der Waals surface area contributed by atoms with Crippen LogP contribution in [0.5, 0.6) is 11.5 Å². The van der Waals surface area contributed by atoms with E-state index in [0.29, 0.717) is 34.4 Å². The third-order valence-corrected chi connectivity index (χ3v) is 5.88. The van der Waals surface area contributed by atoms with Gasteiger partial charge in [-0.05, 0) is 48.5 Å². The largest absolute Gasteiger partial charge is 0.508 e. The highest BCUT2D eigenvalue weighted by Gasteiger charge is 2.24. The van der Waals surface area contributed by atoms with Crippen molar-refractivity contribution in [2.45, 2.75) is 6.61 Å². The highest BCUT2D eigenvalue weighted by atomic mass is 35.5. The fraction of sp³-hybridized carbons (Fsp3) is 0.208. The summed E-state index contributed by atoms with van der Waals surface area (Å²) in [7, 11) is 0. The standard InChI is InChI=1S/C24H22Cl2N2O3/c25-18-6-5-17(22(26)15-18)16-31-23-4-2-1-3-21(23)24(30)28-13-11-27(12-14-28)19-7-9-20(29)10-8-19/h1-10,15,29H,11-14,16H2. The average Bonchev–Trinajstić information content (AvgIpc) is 2.79. The Labute approximate surface area is 191 Å². The van der Waals surface area contributed by atoms with E-state index in [9.17, 15) is 9.90 Å². The van der Waals surface area contributed by atoms with E-state index in [-0.39, 0.29) is 18.3 Å². The number of hydrogen-bond acceptors (Lipinski definition) is 4. The molecule has 31 heavy (non-hydrogen) atoms. The molecule has 0 unspecified atom stereocenters. The van der Waals surface area contributed by atoms with Crippen molar-refractivity contribution in [3.05, 3.63) is 87.9 Å². The Balaban J connectivity index is 1.41. The molecule has 5 nitrogen and oxygen atoms in total. The lowest BCUT2D eigenvalue weighted by molar-refractivity contribution is 0.0742. The molecular weight excluding hydrogens is 435 g/mol. The van der Waals surface area contributed by atoms with E-state index in [0.717, 1.165) is 24.3 Å². The van der Waals surface area contributed by atoms with Gasteiger partial charge in [-0.15, -0.1) is 0 Å². The quantitative estimate of drug-likeness (QED) is 0.570. The van der Waals surface area contributed by atoms with Crippen molar-refractivity contribution in [1.82, 2.24) is 4.90 Å². The molecule has 0 aromatic heterocycles. The van der Waals surface area contributed by atoms with Crippen molar-refractivity contribution in [2.24, 2.45) is 0 Å². The molecule has 3 aromatic rings. The second kappa shape index (κ2) is 9.50. The van der Waals surface area contributed by atoms with Gasteiger partial charge in [-0.1, -0.05) is 41.4 Å². The van der Waals surface area contributed by atoms with E-state index in [1.807, 2.05) is 35.2 Å². The number of amides is 1. The van der Waals surface area contributed by atoms with Gasteiger partial charge in [0.1, 0.15) is 18.1 Å². The summed E-state index contributed by atoms with van der Waals surface area (Å²) in [6.07, 6.45) is 0. The monoisotopic (exact) mass is 456 g/mol. The van der Waals surface area contributed by atoms with Crippen LogP contribution in [0, 0.1) is 0 Å². The lowest BCUT2D eigenvalue weighted by Gasteiger charge is -2.36. The molecule has 1 heterocycles. The number of halogens is 2. The molecule has 0 aliphatic carbocycles. The number of benzene rings is 3. The van der Waals surface area contributed by atoms with E-state index in [2.05, 4.69) is 4.90 Å². The number of rotatable bonds is 5. The fourth-order valence-corrected chi connectivity index (χ4v) is 4.03. The molecule has 1 aliphatic rings. The van der Waals surface area contributed by atoms with Gasteiger partial charge in [0.25, 0.3) is 5.91 Å². The molecule has 0 atom stereocenters. The topological polar surface area (TPSA) is 53.0 Å². The summed E-state index contributed by atoms with van der Waals surface area (Å²) in [6, 6.07) is 19.6. The third kappa shape index (κ3) is 5.06. The van der Waals surface area contributed by atoms with Crippen LogP contribution in [0.2, 0.25) is 10.0 Å². The summed E-state index contributed by atoms with van der Waals surface area (Å²) < 4.78 is 5.95. The number of phenolic OH excluding ortho intramolecular Hbond substituents is 1. The SMILES string of the molecule is O=C(c1ccccc1OCc1ccc(Cl)cc1Cl)N1CCN(c2ccc(O)cc2)CC1. The van der Waals surface area contributed by atoms with Gasteiger partial charge in [-0.2, -0.15) is 0 Å². The molecule has 0 bridgehead atoms. The predicted molar refractivity (Wildman–Crippen MR) is 123 cm³/mol. The minimum Gasteiger partial charge on any atom is -0.508 e. The summed E-state index contributed by atoms with van der Waals surface area (Å²) >= 11 is 12.2. The summed E-state index contributed by atoms with van der Waals surface area (Å²) in [5.41, 5.74) is 2.37. The Morgan fingerprint density at radius 1 is 0.935 bits per heavy atom. The minimum absolute atomic E-state index is 0.0526. The number of nitrogens with zero attached hydrogens (tertiary/aromatic N) is 2. The number of piperazine rings is 1. The third-order valence-electron chi connectivity index (χ3n) is 5.30. The maximum absolute atomic E-state index is 13.2. The van der Waals surface area contributed by atoms with Crippen molar-refractivity contribution in [1.29, 1.82) is 0 Å². The molecule has 1 fully saturated rings. The van der Waals surface area contributed by atoms with Gasteiger partial charge in [0.2, 0.25) is 0 Å². The predicted octanol–water partition coefficient (Wildman–Crippen LogP) is 5.24. The van der Waals surface area contributed by atoms with Crippen LogP contribution in [0.1, 0.15) is 15.9 Å². The summed E-state index contributed by atoms with van der Waals surface area (Å²) in [6.45, 7) is 2.91. The van der Waals surface area contributed by atoms with Crippen LogP contribution in [-0.2, 0) is 6.61 Å². The number of hydrogen-bond donors (Lipinski definition) is 1. The lowest BCUT2D eigenvalue weighted by atomic mass is 10.1. The summed E-state index contributed by atoms with van der Waals surface area (Å²) in [5, 5.41) is 10.6. The second-order valence-corrected chi connectivity index (χ2v) is 8.16. The van der Waals surface area contributed by atoms with Gasteiger partial charge in [0.05, 0.1) is 5.56 Å². The molecule has 0 saturated carbocycles. The first kappa shape index (κ1) is 21.3. The number of anilines is 1. The van der Waals surface area contributed by atoms with Crippen LogP contribution in [0.3, 0.4) is 0 Å². The molecular formula is C24H22Cl2N2O3. The van der Waals surface area contributed by atoms with Gasteiger partial charge < -0.3 is 19.6 Å². The highest BCUT2D eigenvalue weighted by Crippen LogP contribution is 2.26.